The van der Waals surface area contributed by atoms with Gasteiger partial charge in [-0.15, -0.1) is 0 Å². The van der Waals surface area contributed by atoms with Gasteiger partial charge in [-0.05, 0) is 80.5 Å². The average Bonchev–Trinajstić information content (AvgIpc) is 2.74. The van der Waals surface area contributed by atoms with Crippen LogP contribution in [0.15, 0.2) is 11.6 Å². The van der Waals surface area contributed by atoms with E-state index in [-0.39, 0.29) is 6.10 Å². The molecule has 0 aliphatic heterocycles. The van der Waals surface area contributed by atoms with Gasteiger partial charge >= 0.3 is 0 Å². The third kappa shape index (κ3) is 1.77. The van der Waals surface area contributed by atoms with E-state index in [1.807, 2.05) is 0 Å². The predicted molar refractivity (Wildman–Crippen MR) is 81.1 cm³/mol. The molecule has 0 amide bonds. The van der Waals surface area contributed by atoms with Crippen molar-refractivity contribution in [3.05, 3.63) is 11.6 Å². The summed E-state index contributed by atoms with van der Waals surface area (Å²) >= 11 is 0. The van der Waals surface area contributed by atoms with E-state index in [4.69, 9.17) is 5.73 Å². The highest BCUT2D eigenvalue weighted by molar-refractivity contribution is 5.20. The number of hydrogen-bond donors (Lipinski definition) is 2. The maximum absolute atomic E-state index is 9.91. The number of allylic oxidation sites excluding steroid dienone is 1. The number of rotatable bonds is 0. The fraction of sp³-hybridized carbons (Fsp3) is 0.889. The van der Waals surface area contributed by atoms with Crippen LogP contribution in [0.1, 0.15) is 58.3 Å². The number of fused-ring (bicyclic) bond motifs is 5. The molecule has 3 fully saturated rings. The molecule has 4 rings (SSSR count). The normalized spacial score (nSPS) is 54.6. The highest BCUT2D eigenvalue weighted by Gasteiger charge is 2.54. The van der Waals surface area contributed by atoms with Gasteiger partial charge in [0, 0.05) is 6.04 Å². The Hall–Kier alpha value is -0.340. The highest BCUT2D eigenvalue weighted by Crippen LogP contribution is 2.60. The largest absolute Gasteiger partial charge is 0.393 e. The topological polar surface area (TPSA) is 46.2 Å². The smallest absolute Gasteiger partial charge is 0.0577 e. The first-order valence-corrected chi connectivity index (χ1v) is 8.72. The average molecular weight is 275 g/mol. The molecule has 4 aliphatic carbocycles. The van der Waals surface area contributed by atoms with Crippen LogP contribution in [0.25, 0.3) is 0 Å². The maximum Gasteiger partial charge on any atom is 0.0577 e. The van der Waals surface area contributed by atoms with Gasteiger partial charge in [-0.25, -0.2) is 0 Å². The van der Waals surface area contributed by atoms with Crippen LogP contribution in [0.2, 0.25) is 0 Å². The molecule has 0 bridgehead atoms. The predicted octanol–water partition coefficient (Wildman–Crippen LogP) is 3.25. The third-order valence-corrected chi connectivity index (χ3v) is 7.49. The Morgan fingerprint density at radius 1 is 1.15 bits per heavy atom. The molecule has 7 atom stereocenters. The van der Waals surface area contributed by atoms with Crippen LogP contribution < -0.4 is 5.73 Å². The van der Waals surface area contributed by atoms with Crippen LogP contribution in [0, 0.1) is 29.1 Å². The van der Waals surface area contributed by atoms with Gasteiger partial charge in [-0.3, -0.25) is 0 Å². The first-order chi connectivity index (χ1) is 9.59. The molecule has 2 heteroatoms. The summed E-state index contributed by atoms with van der Waals surface area (Å²) in [7, 11) is 0. The van der Waals surface area contributed by atoms with Crippen LogP contribution in [0.3, 0.4) is 0 Å². The quantitative estimate of drug-likeness (QED) is 0.667. The van der Waals surface area contributed by atoms with Crippen molar-refractivity contribution in [1.82, 2.24) is 0 Å². The zero-order valence-corrected chi connectivity index (χ0v) is 12.7. The lowest BCUT2D eigenvalue weighted by Gasteiger charge is -2.53. The van der Waals surface area contributed by atoms with Crippen LogP contribution in [0.4, 0.5) is 0 Å². The number of hydrogen-bond acceptors (Lipinski definition) is 2. The van der Waals surface area contributed by atoms with Crippen molar-refractivity contribution < 1.29 is 5.11 Å². The van der Waals surface area contributed by atoms with Gasteiger partial charge in [0.2, 0.25) is 0 Å². The zero-order valence-electron chi connectivity index (χ0n) is 12.7. The molecule has 112 valence electrons. The monoisotopic (exact) mass is 275 g/mol. The molecule has 20 heavy (non-hydrogen) atoms. The first-order valence-electron chi connectivity index (χ1n) is 8.72. The summed E-state index contributed by atoms with van der Waals surface area (Å²) < 4.78 is 0. The molecule has 3 saturated carbocycles. The van der Waals surface area contributed by atoms with Crippen LogP contribution in [0.5, 0.6) is 0 Å². The van der Waals surface area contributed by atoms with Crippen molar-refractivity contribution in [2.45, 2.75) is 70.4 Å². The van der Waals surface area contributed by atoms with Crippen LogP contribution in [-0.4, -0.2) is 17.3 Å². The minimum atomic E-state index is -0.0668. The second-order valence-electron chi connectivity index (χ2n) is 8.22. The SMILES string of the molecule is C[C@]12CC[C@H]3[C@@H](CC=C4C[C@@H](O)CC[C@@H]43)[C@@H]1CC[C@@H]2N. The molecule has 3 N–H and O–H groups in total. The van der Waals surface area contributed by atoms with Gasteiger partial charge in [0.05, 0.1) is 6.10 Å². The number of aliphatic hydroxyl groups excluding tert-OH is 1. The molecule has 0 aromatic rings. The van der Waals surface area contributed by atoms with E-state index in [2.05, 4.69) is 13.0 Å². The molecule has 0 aromatic carbocycles. The zero-order chi connectivity index (χ0) is 13.9. The van der Waals surface area contributed by atoms with E-state index in [1.165, 1.54) is 38.5 Å². The molecular weight excluding hydrogens is 246 g/mol. The summed E-state index contributed by atoms with van der Waals surface area (Å²) in [6, 6.07) is 0.437. The Morgan fingerprint density at radius 3 is 2.85 bits per heavy atom. The lowest BCUT2D eigenvalue weighted by molar-refractivity contribution is -0.00471. The molecule has 2 nitrogen and oxygen atoms in total. The number of aliphatic hydroxyl groups is 1. The van der Waals surface area contributed by atoms with Crippen molar-refractivity contribution in [3.8, 4) is 0 Å². The van der Waals surface area contributed by atoms with Crippen molar-refractivity contribution in [3.63, 3.8) is 0 Å². The lowest BCUT2D eigenvalue weighted by atomic mass is 9.52. The van der Waals surface area contributed by atoms with Gasteiger partial charge in [-0.2, -0.15) is 0 Å². The summed E-state index contributed by atoms with van der Waals surface area (Å²) in [4.78, 5) is 0. The minimum Gasteiger partial charge on any atom is -0.393 e. The third-order valence-electron chi connectivity index (χ3n) is 7.49. The van der Waals surface area contributed by atoms with Gasteiger partial charge in [-0.1, -0.05) is 18.6 Å². The molecule has 0 radical (unpaired) electrons. The Balaban J connectivity index is 1.62. The Kier molecular flexibility index (Phi) is 3.05. The van der Waals surface area contributed by atoms with E-state index in [0.717, 1.165) is 36.5 Å². The van der Waals surface area contributed by atoms with E-state index >= 15 is 0 Å². The first kappa shape index (κ1) is 13.3. The summed E-state index contributed by atoms with van der Waals surface area (Å²) in [6.07, 6.45) is 12.2. The Morgan fingerprint density at radius 2 is 2.00 bits per heavy atom. The number of nitrogens with two attached hydrogens (primary N) is 1. The van der Waals surface area contributed by atoms with Gasteiger partial charge in [0.25, 0.3) is 0 Å². The summed E-state index contributed by atoms with van der Waals surface area (Å²) in [5, 5.41) is 9.91. The molecule has 0 spiro atoms. The van der Waals surface area contributed by atoms with Gasteiger partial charge < -0.3 is 10.8 Å². The minimum absolute atomic E-state index is 0.0668. The fourth-order valence-corrected chi connectivity index (χ4v) is 6.29. The fourth-order valence-electron chi connectivity index (χ4n) is 6.29. The Labute approximate surface area is 122 Å². The highest BCUT2D eigenvalue weighted by atomic mass is 16.3. The van der Waals surface area contributed by atoms with Crippen LogP contribution in [-0.2, 0) is 0 Å². The van der Waals surface area contributed by atoms with Crippen molar-refractivity contribution in [2.24, 2.45) is 34.8 Å². The second-order valence-corrected chi connectivity index (χ2v) is 8.22. The molecule has 0 aromatic heterocycles. The molecule has 0 heterocycles. The van der Waals surface area contributed by atoms with Crippen molar-refractivity contribution >= 4 is 0 Å². The maximum atomic E-state index is 9.91. The lowest BCUT2D eigenvalue weighted by Crippen LogP contribution is -2.49. The standard InChI is InChI=1S/C18H29NO/c1-18-9-8-14-13-5-3-12(20)10-11(13)2-4-15(14)16(18)6-7-17(18)19/h2,12-17,20H,3-10,19H2,1H3/t12-,13-,14+,15+,16-,17-,18-/m0/s1. The molecule has 0 saturated heterocycles. The second kappa shape index (κ2) is 4.58. The summed E-state index contributed by atoms with van der Waals surface area (Å²) in [5.41, 5.74) is 8.46. The van der Waals surface area contributed by atoms with E-state index in [9.17, 15) is 5.11 Å². The van der Waals surface area contributed by atoms with Crippen LogP contribution >= 0.6 is 0 Å². The van der Waals surface area contributed by atoms with Gasteiger partial charge in [0.1, 0.15) is 0 Å². The summed E-state index contributed by atoms with van der Waals surface area (Å²) in [6.45, 7) is 2.47. The van der Waals surface area contributed by atoms with E-state index < -0.39 is 0 Å². The van der Waals surface area contributed by atoms with Crippen molar-refractivity contribution in [2.75, 3.05) is 0 Å². The van der Waals surface area contributed by atoms with E-state index in [1.54, 1.807) is 5.57 Å². The molecule has 4 aliphatic rings. The Bertz CT molecular complexity index is 431. The van der Waals surface area contributed by atoms with E-state index in [0.29, 0.717) is 11.5 Å². The molecular formula is C18H29NO. The molecule has 0 unspecified atom stereocenters. The van der Waals surface area contributed by atoms with Gasteiger partial charge in [0.15, 0.2) is 0 Å². The summed E-state index contributed by atoms with van der Waals surface area (Å²) in [5.74, 6) is 3.43. The van der Waals surface area contributed by atoms with Crippen molar-refractivity contribution in [1.29, 1.82) is 0 Å².